The Morgan fingerprint density at radius 2 is 1.67 bits per heavy atom. The summed E-state index contributed by atoms with van der Waals surface area (Å²) in [6.07, 6.45) is -5.58. The van der Waals surface area contributed by atoms with Gasteiger partial charge in [-0.05, 0) is 48.9 Å². The highest BCUT2D eigenvalue weighted by Gasteiger charge is 2.30. The molecule has 4 amide bonds. The van der Waals surface area contributed by atoms with Crippen molar-refractivity contribution in [1.82, 2.24) is 16.0 Å². The molecule has 33 heavy (non-hydrogen) atoms. The van der Waals surface area contributed by atoms with Crippen molar-refractivity contribution < 1.29 is 27.6 Å². The van der Waals surface area contributed by atoms with Gasteiger partial charge in [0.1, 0.15) is 0 Å². The minimum Gasteiger partial charge on any atom is -0.352 e. The lowest BCUT2D eigenvalue weighted by atomic mass is 10.2. The Hall–Kier alpha value is -2.98. The first-order valence-electron chi connectivity index (χ1n) is 9.65. The van der Waals surface area contributed by atoms with Crippen LogP contribution in [0.5, 0.6) is 0 Å². The lowest BCUT2D eigenvalue weighted by Crippen LogP contribution is -2.42. The van der Waals surface area contributed by atoms with Crippen molar-refractivity contribution in [2.24, 2.45) is 0 Å². The maximum Gasteiger partial charge on any atom is 0.391 e. The van der Waals surface area contributed by atoms with E-state index in [-0.39, 0.29) is 12.1 Å². The standard InChI is InChI=1S/C21H21Cl2F3N4O3/c1-12(9-21(24,25)26)29-18(31)11-27-19(32)14-3-2-4-17(7-14)30-20(33)28-10-13-5-15(22)8-16(23)6-13/h2-8,12H,9-11H2,1H3,(H,27,32)(H,29,31)(H2,28,30,33). The van der Waals surface area contributed by atoms with Crippen molar-refractivity contribution in [2.75, 3.05) is 11.9 Å². The number of hydrogen-bond donors (Lipinski definition) is 4. The number of carbonyl (C=O) groups excluding carboxylic acids is 3. The van der Waals surface area contributed by atoms with Crippen LogP contribution in [-0.4, -0.2) is 36.6 Å². The molecule has 1 unspecified atom stereocenters. The lowest BCUT2D eigenvalue weighted by molar-refractivity contribution is -0.141. The van der Waals surface area contributed by atoms with Gasteiger partial charge in [-0.1, -0.05) is 29.3 Å². The first-order chi connectivity index (χ1) is 15.4. The van der Waals surface area contributed by atoms with E-state index in [0.29, 0.717) is 21.3 Å². The Balaban J connectivity index is 1.84. The fourth-order valence-corrected chi connectivity index (χ4v) is 3.37. The average Bonchev–Trinajstić information content (AvgIpc) is 2.68. The third kappa shape index (κ3) is 10.0. The van der Waals surface area contributed by atoms with Crippen LogP contribution in [0.15, 0.2) is 42.5 Å². The molecule has 2 aromatic carbocycles. The van der Waals surface area contributed by atoms with Gasteiger partial charge in [0.2, 0.25) is 5.91 Å². The highest BCUT2D eigenvalue weighted by molar-refractivity contribution is 6.34. The summed E-state index contributed by atoms with van der Waals surface area (Å²) in [6.45, 7) is 0.879. The smallest absolute Gasteiger partial charge is 0.352 e. The van der Waals surface area contributed by atoms with Crippen molar-refractivity contribution in [3.05, 3.63) is 63.6 Å². The molecular weight excluding hydrogens is 484 g/mol. The van der Waals surface area contributed by atoms with Crippen molar-refractivity contribution in [1.29, 1.82) is 0 Å². The van der Waals surface area contributed by atoms with E-state index in [0.717, 1.165) is 0 Å². The van der Waals surface area contributed by atoms with Crippen molar-refractivity contribution in [3.63, 3.8) is 0 Å². The summed E-state index contributed by atoms with van der Waals surface area (Å²) in [5, 5.41) is 10.5. The number of benzene rings is 2. The van der Waals surface area contributed by atoms with E-state index in [4.69, 9.17) is 23.2 Å². The molecule has 2 rings (SSSR count). The summed E-state index contributed by atoms with van der Waals surface area (Å²) in [5.74, 6) is -1.39. The van der Waals surface area contributed by atoms with Crippen LogP contribution < -0.4 is 21.3 Å². The zero-order valence-electron chi connectivity index (χ0n) is 17.4. The van der Waals surface area contributed by atoms with E-state index < -0.39 is 43.0 Å². The molecule has 0 spiro atoms. The quantitative estimate of drug-likeness (QED) is 0.425. The van der Waals surface area contributed by atoms with E-state index in [1.807, 2.05) is 0 Å². The minimum absolute atomic E-state index is 0.144. The first-order valence-corrected chi connectivity index (χ1v) is 10.4. The molecule has 2 aromatic rings. The fourth-order valence-electron chi connectivity index (χ4n) is 2.80. The Labute approximate surface area is 198 Å². The summed E-state index contributed by atoms with van der Waals surface area (Å²) in [4.78, 5) is 36.1. The second kappa shape index (κ2) is 11.8. The molecular formula is C21H21Cl2F3N4O3. The second-order valence-electron chi connectivity index (χ2n) is 7.14. The Bertz CT molecular complexity index is 998. The molecule has 4 N–H and O–H groups in total. The fraction of sp³-hybridized carbons (Fsp3) is 0.286. The zero-order chi connectivity index (χ0) is 24.6. The molecule has 12 heteroatoms. The van der Waals surface area contributed by atoms with Gasteiger partial charge < -0.3 is 21.3 Å². The molecule has 0 aromatic heterocycles. The lowest BCUT2D eigenvalue weighted by Gasteiger charge is -2.16. The topological polar surface area (TPSA) is 99.3 Å². The molecule has 0 radical (unpaired) electrons. The molecule has 0 saturated carbocycles. The molecule has 0 heterocycles. The normalized spacial score (nSPS) is 11.9. The summed E-state index contributed by atoms with van der Waals surface area (Å²) in [6, 6.07) is 9.12. The number of urea groups is 1. The predicted molar refractivity (Wildman–Crippen MR) is 119 cm³/mol. The number of rotatable bonds is 8. The van der Waals surface area contributed by atoms with Gasteiger partial charge in [0.05, 0.1) is 13.0 Å². The molecule has 0 aliphatic carbocycles. The van der Waals surface area contributed by atoms with Gasteiger partial charge in [0, 0.05) is 33.9 Å². The van der Waals surface area contributed by atoms with Crippen LogP contribution in [-0.2, 0) is 11.3 Å². The third-order valence-electron chi connectivity index (χ3n) is 4.11. The van der Waals surface area contributed by atoms with E-state index in [9.17, 15) is 27.6 Å². The number of halogens is 5. The van der Waals surface area contributed by atoms with E-state index in [1.165, 1.54) is 25.1 Å². The maximum absolute atomic E-state index is 12.3. The van der Waals surface area contributed by atoms with Gasteiger partial charge in [0.15, 0.2) is 0 Å². The van der Waals surface area contributed by atoms with E-state index in [2.05, 4.69) is 21.3 Å². The molecule has 1 atom stereocenters. The SMILES string of the molecule is CC(CC(F)(F)F)NC(=O)CNC(=O)c1cccc(NC(=O)NCc2cc(Cl)cc(Cl)c2)c1. The number of alkyl halides is 3. The first kappa shape index (κ1) is 26.3. The highest BCUT2D eigenvalue weighted by atomic mass is 35.5. The van der Waals surface area contributed by atoms with E-state index >= 15 is 0 Å². The van der Waals surface area contributed by atoms with Gasteiger partial charge in [-0.15, -0.1) is 0 Å². The van der Waals surface area contributed by atoms with Crippen molar-refractivity contribution in [2.45, 2.75) is 32.1 Å². The second-order valence-corrected chi connectivity index (χ2v) is 8.01. The van der Waals surface area contributed by atoms with Crippen molar-refractivity contribution in [3.8, 4) is 0 Å². The average molecular weight is 505 g/mol. The number of carbonyl (C=O) groups is 3. The number of hydrogen-bond acceptors (Lipinski definition) is 3. The Morgan fingerprint density at radius 1 is 1.00 bits per heavy atom. The van der Waals surface area contributed by atoms with Crippen LogP contribution in [0.3, 0.4) is 0 Å². The molecule has 0 aliphatic heterocycles. The number of nitrogens with one attached hydrogen (secondary N) is 4. The number of amides is 4. The summed E-state index contributed by atoms with van der Waals surface area (Å²) < 4.78 is 37.0. The third-order valence-corrected chi connectivity index (χ3v) is 4.55. The van der Waals surface area contributed by atoms with Gasteiger partial charge in [0.25, 0.3) is 5.91 Å². The molecule has 178 valence electrons. The molecule has 0 aliphatic rings. The Kier molecular flexibility index (Phi) is 9.36. The van der Waals surface area contributed by atoms with Crippen LogP contribution in [0, 0.1) is 0 Å². The Morgan fingerprint density at radius 3 is 2.30 bits per heavy atom. The van der Waals surface area contributed by atoms with Crippen LogP contribution in [0.2, 0.25) is 10.0 Å². The van der Waals surface area contributed by atoms with Crippen LogP contribution in [0.25, 0.3) is 0 Å². The van der Waals surface area contributed by atoms with Crippen molar-refractivity contribution >= 4 is 46.7 Å². The highest BCUT2D eigenvalue weighted by Crippen LogP contribution is 2.21. The monoisotopic (exact) mass is 504 g/mol. The predicted octanol–water partition coefficient (Wildman–Crippen LogP) is 4.50. The van der Waals surface area contributed by atoms with Crippen LogP contribution >= 0.6 is 23.2 Å². The summed E-state index contributed by atoms with van der Waals surface area (Å²) >= 11 is 11.8. The molecule has 0 saturated heterocycles. The van der Waals surface area contributed by atoms with Crippen LogP contribution in [0.4, 0.5) is 23.7 Å². The van der Waals surface area contributed by atoms with Gasteiger partial charge in [-0.3, -0.25) is 9.59 Å². The molecule has 7 nitrogen and oxygen atoms in total. The number of anilines is 1. The van der Waals surface area contributed by atoms with Gasteiger partial charge >= 0.3 is 12.2 Å². The van der Waals surface area contributed by atoms with Gasteiger partial charge in [-0.25, -0.2) is 4.79 Å². The van der Waals surface area contributed by atoms with Gasteiger partial charge in [-0.2, -0.15) is 13.2 Å². The largest absolute Gasteiger partial charge is 0.391 e. The van der Waals surface area contributed by atoms with Crippen LogP contribution in [0.1, 0.15) is 29.3 Å². The van der Waals surface area contributed by atoms with E-state index in [1.54, 1.807) is 24.3 Å². The molecule has 0 bridgehead atoms. The maximum atomic E-state index is 12.3. The summed E-state index contributed by atoms with van der Waals surface area (Å²) in [7, 11) is 0. The zero-order valence-corrected chi connectivity index (χ0v) is 18.9. The minimum atomic E-state index is -4.41. The summed E-state index contributed by atoms with van der Waals surface area (Å²) in [5.41, 5.74) is 1.15. The molecule has 0 fully saturated rings.